The highest BCUT2D eigenvalue weighted by molar-refractivity contribution is 6.36. The lowest BCUT2D eigenvalue weighted by atomic mass is 10.2. The van der Waals surface area contributed by atoms with Crippen LogP contribution in [0.3, 0.4) is 0 Å². The Labute approximate surface area is 200 Å². The molecule has 0 unspecified atom stereocenters. The van der Waals surface area contributed by atoms with Crippen molar-refractivity contribution in [2.45, 2.75) is 6.92 Å². The van der Waals surface area contributed by atoms with Crippen LogP contribution in [0, 0.1) is 0 Å². The first-order valence-corrected chi connectivity index (χ1v) is 10.6. The Balaban J connectivity index is 1.65. The fraction of sp³-hybridized carbons (Fsp3) is 0.125. The van der Waals surface area contributed by atoms with Gasteiger partial charge in [0.25, 0.3) is 5.91 Å². The summed E-state index contributed by atoms with van der Waals surface area (Å²) >= 11 is 11.9. The van der Waals surface area contributed by atoms with Crippen LogP contribution in [0.2, 0.25) is 10.0 Å². The normalized spacial score (nSPS) is 10.7. The van der Waals surface area contributed by atoms with Crippen molar-refractivity contribution in [2.24, 2.45) is 5.10 Å². The third-order valence-corrected chi connectivity index (χ3v) is 4.90. The van der Waals surface area contributed by atoms with Crippen molar-refractivity contribution in [3.8, 4) is 17.2 Å². The Hall–Kier alpha value is -3.55. The van der Waals surface area contributed by atoms with Gasteiger partial charge in [0.15, 0.2) is 11.5 Å². The standard InChI is InChI=1S/C24H20Cl2N2O5/c1-3-32-18-8-5-16(6-9-18)23(29)28-27-14-15-4-11-21(22(12-15)31-2)33-24(30)19-10-7-17(25)13-20(19)26/h4-14H,3H2,1-2H3,(H,28,29). The molecule has 7 nitrogen and oxygen atoms in total. The van der Waals surface area contributed by atoms with Crippen LogP contribution in [-0.4, -0.2) is 31.8 Å². The molecule has 1 amide bonds. The summed E-state index contributed by atoms with van der Waals surface area (Å²) in [6, 6.07) is 16.0. The Morgan fingerprint density at radius 1 is 1.00 bits per heavy atom. The number of hydrazone groups is 1. The quantitative estimate of drug-likeness (QED) is 0.200. The highest BCUT2D eigenvalue weighted by Gasteiger charge is 2.16. The summed E-state index contributed by atoms with van der Waals surface area (Å²) in [5, 5.41) is 4.55. The summed E-state index contributed by atoms with van der Waals surface area (Å²) in [5.41, 5.74) is 3.68. The molecule has 0 spiro atoms. The van der Waals surface area contributed by atoms with Crippen molar-refractivity contribution >= 4 is 41.3 Å². The molecule has 0 aliphatic rings. The lowest BCUT2D eigenvalue weighted by Crippen LogP contribution is -2.17. The third-order valence-electron chi connectivity index (χ3n) is 4.35. The number of rotatable bonds is 8. The van der Waals surface area contributed by atoms with Crippen molar-refractivity contribution < 1.29 is 23.8 Å². The number of nitrogens with zero attached hydrogens (tertiary/aromatic N) is 1. The second-order valence-electron chi connectivity index (χ2n) is 6.58. The molecule has 0 aliphatic carbocycles. The number of methoxy groups -OCH3 is 1. The van der Waals surface area contributed by atoms with Crippen LogP contribution in [0.4, 0.5) is 0 Å². The minimum absolute atomic E-state index is 0.172. The summed E-state index contributed by atoms with van der Waals surface area (Å²) in [5.74, 6) is 0.161. The molecule has 3 rings (SSSR count). The van der Waals surface area contributed by atoms with Crippen molar-refractivity contribution in [2.75, 3.05) is 13.7 Å². The van der Waals surface area contributed by atoms with Gasteiger partial charge in [-0.1, -0.05) is 23.2 Å². The number of hydrogen-bond acceptors (Lipinski definition) is 6. The van der Waals surface area contributed by atoms with Gasteiger partial charge in [0, 0.05) is 10.6 Å². The molecule has 1 N–H and O–H groups in total. The number of esters is 1. The van der Waals surface area contributed by atoms with E-state index in [-0.39, 0.29) is 22.2 Å². The molecule has 0 atom stereocenters. The molecule has 0 saturated carbocycles. The summed E-state index contributed by atoms with van der Waals surface area (Å²) < 4.78 is 16.1. The third kappa shape index (κ3) is 6.47. The van der Waals surface area contributed by atoms with E-state index in [1.54, 1.807) is 48.5 Å². The number of benzene rings is 3. The molecule has 33 heavy (non-hydrogen) atoms. The Morgan fingerprint density at radius 3 is 2.42 bits per heavy atom. The number of halogens is 2. The fourth-order valence-electron chi connectivity index (χ4n) is 2.76. The van der Waals surface area contributed by atoms with Crippen molar-refractivity contribution in [3.05, 3.63) is 87.4 Å². The lowest BCUT2D eigenvalue weighted by molar-refractivity contribution is 0.0729. The minimum Gasteiger partial charge on any atom is -0.494 e. The smallest absolute Gasteiger partial charge is 0.345 e. The molecule has 0 saturated heterocycles. The zero-order chi connectivity index (χ0) is 23.8. The summed E-state index contributed by atoms with van der Waals surface area (Å²) in [7, 11) is 1.44. The molecule has 0 aromatic heterocycles. The zero-order valence-corrected chi connectivity index (χ0v) is 19.3. The number of nitrogens with one attached hydrogen (secondary N) is 1. The largest absolute Gasteiger partial charge is 0.494 e. The van der Waals surface area contributed by atoms with Gasteiger partial charge in [-0.25, -0.2) is 10.2 Å². The summed E-state index contributed by atoms with van der Waals surface area (Å²) in [6.07, 6.45) is 1.44. The molecule has 0 bridgehead atoms. The van der Waals surface area contributed by atoms with E-state index >= 15 is 0 Å². The maximum absolute atomic E-state index is 12.5. The van der Waals surface area contributed by atoms with Gasteiger partial charge in [-0.2, -0.15) is 5.10 Å². The number of amides is 1. The van der Waals surface area contributed by atoms with Gasteiger partial charge in [0.1, 0.15) is 5.75 Å². The molecular formula is C24H20Cl2N2O5. The van der Waals surface area contributed by atoms with Crippen LogP contribution >= 0.6 is 23.2 Å². The molecule has 0 aliphatic heterocycles. The van der Waals surface area contributed by atoms with Gasteiger partial charge in [0.2, 0.25) is 0 Å². The summed E-state index contributed by atoms with van der Waals surface area (Å²) in [4.78, 5) is 24.7. The molecule has 9 heteroatoms. The van der Waals surface area contributed by atoms with E-state index in [4.69, 9.17) is 37.4 Å². The molecular weight excluding hydrogens is 467 g/mol. The molecule has 3 aromatic carbocycles. The van der Waals surface area contributed by atoms with Gasteiger partial charge in [-0.05, 0) is 73.2 Å². The summed E-state index contributed by atoms with van der Waals surface area (Å²) in [6.45, 7) is 2.43. The van der Waals surface area contributed by atoms with Crippen LogP contribution in [0.5, 0.6) is 17.2 Å². The second kappa shape index (κ2) is 11.4. The minimum atomic E-state index is -0.654. The van der Waals surface area contributed by atoms with E-state index < -0.39 is 5.97 Å². The van der Waals surface area contributed by atoms with Crippen LogP contribution in [0.25, 0.3) is 0 Å². The van der Waals surface area contributed by atoms with Gasteiger partial charge in [0.05, 0.1) is 30.5 Å². The van der Waals surface area contributed by atoms with Crippen molar-refractivity contribution in [1.82, 2.24) is 5.43 Å². The van der Waals surface area contributed by atoms with E-state index in [1.807, 2.05) is 6.92 Å². The van der Waals surface area contributed by atoms with Crippen LogP contribution in [-0.2, 0) is 0 Å². The zero-order valence-electron chi connectivity index (χ0n) is 17.8. The van der Waals surface area contributed by atoms with Crippen molar-refractivity contribution in [1.29, 1.82) is 0 Å². The Kier molecular flexibility index (Phi) is 8.29. The van der Waals surface area contributed by atoms with Crippen LogP contribution in [0.1, 0.15) is 33.2 Å². The highest BCUT2D eigenvalue weighted by Crippen LogP contribution is 2.30. The van der Waals surface area contributed by atoms with E-state index in [0.717, 1.165) is 0 Å². The Morgan fingerprint density at radius 2 is 1.76 bits per heavy atom. The van der Waals surface area contributed by atoms with Gasteiger partial charge in [-0.3, -0.25) is 4.79 Å². The first-order chi connectivity index (χ1) is 15.9. The van der Waals surface area contributed by atoms with E-state index in [2.05, 4.69) is 10.5 Å². The monoisotopic (exact) mass is 486 g/mol. The first kappa shape index (κ1) is 24.1. The maximum Gasteiger partial charge on any atom is 0.345 e. The number of ether oxygens (including phenoxy) is 3. The second-order valence-corrected chi connectivity index (χ2v) is 7.42. The molecule has 3 aromatic rings. The average Bonchev–Trinajstić information content (AvgIpc) is 2.80. The molecule has 0 heterocycles. The molecule has 0 fully saturated rings. The maximum atomic E-state index is 12.5. The van der Waals surface area contributed by atoms with Crippen LogP contribution in [0.15, 0.2) is 65.8 Å². The first-order valence-electron chi connectivity index (χ1n) is 9.82. The van der Waals surface area contributed by atoms with Crippen LogP contribution < -0.4 is 19.6 Å². The van der Waals surface area contributed by atoms with Gasteiger partial charge >= 0.3 is 5.97 Å². The number of carbonyl (C=O) groups is 2. The fourth-order valence-corrected chi connectivity index (χ4v) is 3.24. The Bertz CT molecular complexity index is 1180. The average molecular weight is 487 g/mol. The number of hydrogen-bond donors (Lipinski definition) is 1. The predicted molar refractivity (Wildman–Crippen MR) is 127 cm³/mol. The van der Waals surface area contributed by atoms with Gasteiger partial charge < -0.3 is 14.2 Å². The van der Waals surface area contributed by atoms with Gasteiger partial charge in [-0.15, -0.1) is 0 Å². The topological polar surface area (TPSA) is 86.2 Å². The molecule has 170 valence electrons. The van der Waals surface area contributed by atoms with E-state index in [0.29, 0.717) is 34.3 Å². The predicted octanol–water partition coefficient (Wildman–Crippen LogP) is 5.38. The van der Waals surface area contributed by atoms with E-state index in [9.17, 15) is 9.59 Å². The van der Waals surface area contributed by atoms with Crippen molar-refractivity contribution in [3.63, 3.8) is 0 Å². The molecule has 0 radical (unpaired) electrons. The van der Waals surface area contributed by atoms with E-state index in [1.165, 1.54) is 25.5 Å². The number of carbonyl (C=O) groups excluding carboxylic acids is 2. The highest BCUT2D eigenvalue weighted by atomic mass is 35.5. The SMILES string of the molecule is CCOc1ccc(C(=O)NN=Cc2ccc(OC(=O)c3ccc(Cl)cc3Cl)c(OC)c2)cc1. The lowest BCUT2D eigenvalue weighted by Gasteiger charge is -2.10.